The molecule has 6 rings (SSSR count). The summed E-state index contributed by atoms with van der Waals surface area (Å²) in [6.07, 6.45) is 8.28. The largest absolute Gasteiger partial charge is 0.381 e. The predicted octanol–water partition coefficient (Wildman–Crippen LogP) is 3.78. The lowest BCUT2D eigenvalue weighted by Gasteiger charge is -2.49. The molecule has 5 atom stereocenters. The Kier molecular flexibility index (Phi) is 5.42. The highest BCUT2D eigenvalue weighted by atomic mass is 16.5. The Bertz CT molecular complexity index is 1130. The molecule has 4 aliphatic rings. The van der Waals surface area contributed by atoms with Crippen LogP contribution in [0.5, 0.6) is 0 Å². The first-order valence-corrected chi connectivity index (χ1v) is 13.2. The summed E-state index contributed by atoms with van der Waals surface area (Å²) in [5, 5.41) is 7.35. The van der Waals surface area contributed by atoms with Crippen LogP contribution in [0.3, 0.4) is 0 Å². The van der Waals surface area contributed by atoms with Crippen LogP contribution < -0.4 is 9.80 Å². The van der Waals surface area contributed by atoms with Gasteiger partial charge in [-0.1, -0.05) is 38.3 Å². The number of aryl methyl sites for hydroxylation is 1. The number of rotatable bonds is 5. The van der Waals surface area contributed by atoms with E-state index in [0.29, 0.717) is 17.5 Å². The minimum atomic E-state index is -0.494. The fourth-order valence-electron chi connectivity index (χ4n) is 7.43. The topological polar surface area (TPSA) is 73.2 Å². The van der Waals surface area contributed by atoms with E-state index in [0.717, 1.165) is 51.0 Å². The average Bonchev–Trinajstić information content (AvgIpc) is 3.37. The zero-order valence-electron chi connectivity index (χ0n) is 21.1. The fourth-order valence-corrected chi connectivity index (χ4v) is 7.43. The van der Waals surface area contributed by atoms with Crippen molar-refractivity contribution in [1.82, 2.24) is 19.6 Å². The second-order valence-corrected chi connectivity index (χ2v) is 11.6. The molecule has 2 saturated carbocycles. The molecule has 2 saturated heterocycles. The number of nitrogens with zero attached hydrogens (tertiary/aromatic N) is 3. The normalized spacial score (nSPS) is 35.3. The first kappa shape index (κ1) is 22.9. The van der Waals surface area contributed by atoms with E-state index in [1.807, 2.05) is 0 Å². The van der Waals surface area contributed by atoms with Gasteiger partial charge in [-0.25, -0.2) is 9.28 Å². The molecule has 2 aliphatic heterocycles. The van der Waals surface area contributed by atoms with Gasteiger partial charge in [-0.3, -0.25) is 9.48 Å². The summed E-state index contributed by atoms with van der Waals surface area (Å²) in [5.74, 6) is 1.14. The highest BCUT2D eigenvalue weighted by Crippen LogP contribution is 2.65. The van der Waals surface area contributed by atoms with Crippen LogP contribution in [0.15, 0.2) is 36.5 Å². The highest BCUT2D eigenvalue weighted by molar-refractivity contribution is 6.01. The van der Waals surface area contributed by atoms with Crippen LogP contribution >= 0.6 is 0 Å². The summed E-state index contributed by atoms with van der Waals surface area (Å²) < 4.78 is 7.38. The van der Waals surface area contributed by atoms with Gasteiger partial charge in [0.05, 0.1) is 7.05 Å². The SMILES string of the molecule is Cn1nccc1C(=O)N[C@@H]1C(=O)[N+](C)(c2ccc(C3CCOCC3)cc2)C2CC2(C)C1C1CCC1. The third-order valence-electron chi connectivity index (χ3n) is 9.82. The third kappa shape index (κ3) is 3.50. The van der Waals surface area contributed by atoms with E-state index >= 15 is 0 Å². The molecule has 186 valence electrons. The summed E-state index contributed by atoms with van der Waals surface area (Å²) in [4.78, 5) is 27.6. The van der Waals surface area contributed by atoms with Gasteiger partial charge < -0.3 is 10.1 Å². The number of likely N-dealkylation sites (N-methyl/N-ethyl adjacent to an activating group) is 1. The molecule has 3 heterocycles. The lowest BCUT2D eigenvalue weighted by atomic mass is 9.64. The molecular formula is C28H37N4O3+. The van der Waals surface area contributed by atoms with Crippen molar-refractivity contribution in [3.05, 3.63) is 47.8 Å². The van der Waals surface area contributed by atoms with Gasteiger partial charge in [0.1, 0.15) is 23.5 Å². The van der Waals surface area contributed by atoms with Crippen molar-refractivity contribution in [2.45, 2.75) is 63.5 Å². The average molecular weight is 478 g/mol. The van der Waals surface area contributed by atoms with Gasteiger partial charge in [0, 0.05) is 44.2 Å². The van der Waals surface area contributed by atoms with E-state index in [9.17, 15) is 9.59 Å². The van der Waals surface area contributed by atoms with Crippen LogP contribution in [-0.2, 0) is 16.6 Å². The van der Waals surface area contributed by atoms with Gasteiger partial charge in [0.25, 0.3) is 5.91 Å². The standard InChI is InChI=1S/C28H36N4O3/c1-28-17-23(28)32(3,21-9-7-18(8-10-21)19-12-15-35-16-13-19)27(34)25(24(28)20-5-4-6-20)30-26(33)22-11-14-29-31(22)2/h7-11,14,19-20,23-25H,4-6,12-13,15-17H2,1-3H3/p+1/t23?,24?,25-,28?,32?/m0/s1. The molecule has 0 radical (unpaired) electrons. The van der Waals surface area contributed by atoms with Gasteiger partial charge in [-0.2, -0.15) is 5.10 Å². The predicted molar refractivity (Wildman–Crippen MR) is 134 cm³/mol. The highest BCUT2D eigenvalue weighted by Gasteiger charge is 2.75. The van der Waals surface area contributed by atoms with E-state index in [1.165, 1.54) is 12.0 Å². The molecule has 0 bridgehead atoms. The summed E-state index contributed by atoms with van der Waals surface area (Å²) >= 11 is 0. The summed E-state index contributed by atoms with van der Waals surface area (Å²) in [6.45, 7) is 3.99. The Morgan fingerprint density at radius 3 is 2.46 bits per heavy atom. The molecular weight excluding hydrogens is 440 g/mol. The van der Waals surface area contributed by atoms with E-state index in [-0.39, 0.29) is 33.7 Å². The second kappa shape index (κ2) is 8.27. The number of ether oxygens (including phenoxy) is 1. The monoisotopic (exact) mass is 477 g/mol. The van der Waals surface area contributed by atoms with Crippen molar-refractivity contribution in [2.75, 3.05) is 20.3 Å². The third-order valence-corrected chi connectivity index (χ3v) is 9.82. The molecule has 1 N–H and O–H groups in total. The van der Waals surface area contributed by atoms with Gasteiger partial charge in [-0.05, 0) is 48.4 Å². The summed E-state index contributed by atoms with van der Waals surface area (Å²) in [7, 11) is 3.83. The van der Waals surface area contributed by atoms with Gasteiger partial charge in [0.15, 0.2) is 0 Å². The Morgan fingerprint density at radius 2 is 1.86 bits per heavy atom. The molecule has 2 aliphatic carbocycles. The Labute approximate surface area is 207 Å². The molecule has 2 amide bonds. The molecule has 0 spiro atoms. The maximum Gasteiger partial charge on any atom is 0.341 e. The van der Waals surface area contributed by atoms with E-state index < -0.39 is 6.04 Å². The van der Waals surface area contributed by atoms with Gasteiger partial charge >= 0.3 is 5.91 Å². The maximum absolute atomic E-state index is 14.4. The van der Waals surface area contributed by atoms with E-state index in [2.05, 4.69) is 48.7 Å². The second-order valence-electron chi connectivity index (χ2n) is 11.6. The van der Waals surface area contributed by atoms with Crippen LogP contribution in [0.4, 0.5) is 5.69 Å². The van der Waals surface area contributed by atoms with Crippen molar-refractivity contribution >= 4 is 17.5 Å². The molecule has 1 aromatic heterocycles. The van der Waals surface area contributed by atoms with Crippen LogP contribution in [0.2, 0.25) is 0 Å². The molecule has 7 nitrogen and oxygen atoms in total. The zero-order chi connectivity index (χ0) is 24.4. The Balaban J connectivity index is 1.33. The van der Waals surface area contributed by atoms with Crippen LogP contribution in [-0.4, -0.2) is 53.9 Å². The molecule has 35 heavy (non-hydrogen) atoms. The molecule has 1 aromatic carbocycles. The van der Waals surface area contributed by atoms with Crippen molar-refractivity contribution in [3.63, 3.8) is 0 Å². The number of fused-ring (bicyclic) bond motifs is 1. The summed E-state index contributed by atoms with van der Waals surface area (Å²) in [5.41, 5.74) is 2.91. The van der Waals surface area contributed by atoms with Crippen molar-refractivity contribution in [2.24, 2.45) is 24.3 Å². The molecule has 4 unspecified atom stereocenters. The van der Waals surface area contributed by atoms with Crippen LogP contribution in [0.1, 0.15) is 67.4 Å². The first-order chi connectivity index (χ1) is 16.8. The minimum Gasteiger partial charge on any atom is -0.381 e. The van der Waals surface area contributed by atoms with Crippen molar-refractivity contribution < 1.29 is 14.3 Å². The number of carbonyl (C=O) groups excluding carboxylic acids is 2. The van der Waals surface area contributed by atoms with Crippen LogP contribution in [0, 0.1) is 17.3 Å². The number of piperidine rings is 1. The van der Waals surface area contributed by atoms with Gasteiger partial charge in [-0.15, -0.1) is 0 Å². The number of hydrogen-bond donors (Lipinski definition) is 1. The Hall–Kier alpha value is -2.51. The molecule has 2 aromatic rings. The minimum absolute atomic E-state index is 0.0531. The fraction of sp³-hybridized carbons (Fsp3) is 0.607. The lowest BCUT2D eigenvalue weighted by Crippen LogP contribution is -2.69. The Morgan fingerprint density at radius 1 is 1.14 bits per heavy atom. The molecule has 7 heteroatoms. The number of quaternary nitrogens is 1. The number of likely N-dealkylation sites (tertiary alicyclic amines) is 1. The van der Waals surface area contributed by atoms with E-state index in [1.54, 1.807) is 24.0 Å². The smallest absolute Gasteiger partial charge is 0.341 e. The number of hydrogen-bond acceptors (Lipinski definition) is 4. The van der Waals surface area contributed by atoms with Crippen LogP contribution in [0.25, 0.3) is 0 Å². The number of carbonyl (C=O) groups is 2. The summed E-state index contributed by atoms with van der Waals surface area (Å²) in [6, 6.07) is 10.2. The number of aromatic nitrogens is 2. The maximum atomic E-state index is 14.4. The van der Waals surface area contributed by atoms with Gasteiger partial charge in [0.2, 0.25) is 0 Å². The lowest BCUT2D eigenvalue weighted by molar-refractivity contribution is -0.140. The first-order valence-electron chi connectivity index (χ1n) is 13.2. The molecule has 4 fully saturated rings. The zero-order valence-corrected chi connectivity index (χ0v) is 21.1. The quantitative estimate of drug-likeness (QED) is 0.665. The van der Waals surface area contributed by atoms with Crippen molar-refractivity contribution in [3.8, 4) is 0 Å². The number of amides is 2. The van der Waals surface area contributed by atoms with E-state index in [4.69, 9.17) is 4.74 Å². The number of benzene rings is 1. The van der Waals surface area contributed by atoms with Crippen molar-refractivity contribution in [1.29, 1.82) is 0 Å². The number of nitrogens with one attached hydrogen (secondary N) is 1.